The Kier molecular flexibility index (Phi) is 8.94. The Morgan fingerprint density at radius 3 is 1.58 bits per heavy atom. The van der Waals surface area contributed by atoms with Crippen LogP contribution in [-0.4, -0.2) is 6.71 Å². The average molecular weight is 815 g/mol. The molecule has 0 amide bonds. The Hall–Kier alpha value is -3.76. The van der Waals surface area contributed by atoms with Crippen molar-refractivity contribution in [3.05, 3.63) is 111 Å². The molecular formula is C56H71BN2S. The molecule has 4 aliphatic rings. The molecule has 2 aliphatic carbocycles. The number of anilines is 6. The van der Waals surface area contributed by atoms with Crippen molar-refractivity contribution in [2.24, 2.45) is 0 Å². The number of fused-ring (bicyclic) bond motifs is 7. The first kappa shape index (κ1) is 41.6. The summed E-state index contributed by atoms with van der Waals surface area (Å²) in [6, 6.07) is 29.8. The quantitative estimate of drug-likeness (QED) is 0.160. The highest BCUT2D eigenvalue weighted by atomic mass is 32.1. The van der Waals surface area contributed by atoms with Gasteiger partial charge in [-0.3, -0.25) is 0 Å². The molecule has 2 aliphatic heterocycles. The maximum atomic E-state index is 2.76. The predicted molar refractivity (Wildman–Crippen MR) is 265 cm³/mol. The summed E-state index contributed by atoms with van der Waals surface area (Å²) in [4.78, 5) is 6.98. The van der Waals surface area contributed by atoms with E-state index >= 15 is 0 Å². The van der Waals surface area contributed by atoms with Crippen molar-refractivity contribution < 1.29 is 0 Å². The van der Waals surface area contributed by atoms with Crippen LogP contribution < -0.4 is 26.2 Å². The molecule has 2 nitrogen and oxygen atoms in total. The molecule has 9 rings (SSSR count). The molecule has 0 radical (unpaired) electrons. The Bertz CT molecular complexity index is 2560. The number of hydrogen-bond acceptors (Lipinski definition) is 3. The van der Waals surface area contributed by atoms with Gasteiger partial charge in [0, 0.05) is 33.3 Å². The van der Waals surface area contributed by atoms with Gasteiger partial charge in [-0.1, -0.05) is 148 Å². The highest BCUT2D eigenvalue weighted by Crippen LogP contribution is 2.56. The van der Waals surface area contributed by atoms with Gasteiger partial charge in [0.05, 0.1) is 5.00 Å². The number of rotatable bonds is 2. The topological polar surface area (TPSA) is 6.48 Å². The molecule has 1 aromatic heterocycles. The van der Waals surface area contributed by atoms with E-state index in [1.165, 1.54) is 97.9 Å². The van der Waals surface area contributed by atoms with Gasteiger partial charge in [0.2, 0.25) is 0 Å². The third-order valence-corrected chi connectivity index (χ3v) is 16.9. The van der Waals surface area contributed by atoms with E-state index < -0.39 is 0 Å². The normalized spacial score (nSPS) is 19.6. The number of thiophene rings is 1. The van der Waals surface area contributed by atoms with E-state index in [0.29, 0.717) is 0 Å². The van der Waals surface area contributed by atoms with Gasteiger partial charge in [-0.2, -0.15) is 0 Å². The summed E-state index contributed by atoms with van der Waals surface area (Å²) >= 11 is 2.11. The smallest absolute Gasteiger partial charge is 0.253 e. The average Bonchev–Trinajstić information content (AvgIpc) is 3.57. The monoisotopic (exact) mass is 815 g/mol. The molecule has 4 aromatic carbocycles. The molecule has 3 heterocycles. The van der Waals surface area contributed by atoms with Crippen LogP contribution in [0.1, 0.15) is 182 Å². The van der Waals surface area contributed by atoms with Crippen molar-refractivity contribution in [3.8, 4) is 0 Å². The van der Waals surface area contributed by atoms with Gasteiger partial charge in [0.15, 0.2) is 0 Å². The van der Waals surface area contributed by atoms with Gasteiger partial charge in [0.1, 0.15) is 0 Å². The van der Waals surface area contributed by atoms with Crippen LogP contribution in [0.2, 0.25) is 0 Å². The van der Waals surface area contributed by atoms with E-state index in [4.69, 9.17) is 0 Å². The minimum absolute atomic E-state index is 0.00992. The fourth-order valence-electron chi connectivity index (χ4n) is 11.1. The minimum Gasteiger partial charge on any atom is -0.311 e. The molecule has 0 saturated heterocycles. The van der Waals surface area contributed by atoms with Gasteiger partial charge in [-0.05, 0) is 156 Å². The molecule has 314 valence electrons. The Morgan fingerprint density at radius 1 is 0.467 bits per heavy atom. The molecule has 0 bridgehead atoms. The second kappa shape index (κ2) is 12.9. The number of hydrogen-bond donors (Lipinski definition) is 0. The van der Waals surface area contributed by atoms with Crippen molar-refractivity contribution in [1.82, 2.24) is 0 Å². The van der Waals surface area contributed by atoms with Crippen molar-refractivity contribution in [1.29, 1.82) is 0 Å². The third-order valence-electron chi connectivity index (χ3n) is 15.4. The lowest BCUT2D eigenvalue weighted by atomic mass is 9.32. The number of nitrogens with zero attached hydrogens (tertiary/aromatic N) is 2. The zero-order valence-corrected chi connectivity index (χ0v) is 41.0. The molecule has 5 aromatic rings. The van der Waals surface area contributed by atoms with Gasteiger partial charge < -0.3 is 9.80 Å². The van der Waals surface area contributed by atoms with E-state index in [0.717, 1.165) is 0 Å². The molecule has 0 N–H and O–H groups in total. The van der Waals surface area contributed by atoms with Crippen LogP contribution >= 0.6 is 11.3 Å². The summed E-state index contributed by atoms with van der Waals surface area (Å²) in [5.41, 5.74) is 20.1. The summed E-state index contributed by atoms with van der Waals surface area (Å²) in [6.45, 7) is 41.4. The standard InChI is InChI=1S/C56H71BN2S/c1-50(2,3)34-18-21-37(22-19-34)58-42-25-20-35(51(4,5)6)30-41(42)57-46-43(58)31-36(52(7,8)9)32-44(46)59(38-23-24-39-40(33-38)54(12,13)27-26-53(39,10)11)49-47(57)45-48(60-49)56(16,17)29-28-55(45,14)15/h18-25,30-33H,26-29H2,1-17H3. The summed E-state index contributed by atoms with van der Waals surface area (Å²) < 4.78 is 0. The molecule has 0 unspecified atom stereocenters. The van der Waals surface area contributed by atoms with E-state index in [1.54, 1.807) is 15.9 Å². The van der Waals surface area contributed by atoms with Crippen LogP contribution in [0.25, 0.3) is 0 Å². The Morgan fingerprint density at radius 2 is 0.983 bits per heavy atom. The highest BCUT2D eigenvalue weighted by molar-refractivity contribution is 7.20. The molecule has 0 saturated carbocycles. The van der Waals surface area contributed by atoms with Gasteiger partial charge in [0.25, 0.3) is 6.71 Å². The fourth-order valence-corrected chi connectivity index (χ4v) is 12.8. The highest BCUT2D eigenvalue weighted by Gasteiger charge is 2.52. The molecule has 60 heavy (non-hydrogen) atoms. The van der Waals surface area contributed by atoms with E-state index in [-0.39, 0.29) is 44.6 Å². The van der Waals surface area contributed by atoms with Crippen molar-refractivity contribution in [3.63, 3.8) is 0 Å². The second-order valence-electron chi connectivity index (χ2n) is 24.9. The lowest BCUT2D eigenvalue weighted by Gasteiger charge is -2.46. The maximum absolute atomic E-state index is 2.76. The second-order valence-corrected chi connectivity index (χ2v) is 25.9. The van der Waals surface area contributed by atoms with Gasteiger partial charge in [-0.15, -0.1) is 11.3 Å². The molecular weight excluding hydrogens is 744 g/mol. The minimum atomic E-state index is -0.0638. The fraction of sp³-hybridized carbons (Fsp3) is 0.500. The lowest BCUT2D eigenvalue weighted by molar-refractivity contribution is 0.332. The largest absolute Gasteiger partial charge is 0.311 e. The zero-order chi connectivity index (χ0) is 43.5. The first-order valence-corrected chi connectivity index (χ1v) is 23.8. The van der Waals surface area contributed by atoms with Crippen LogP contribution in [0.15, 0.2) is 72.8 Å². The van der Waals surface area contributed by atoms with Gasteiger partial charge >= 0.3 is 0 Å². The summed E-state index contributed by atoms with van der Waals surface area (Å²) in [7, 11) is 0. The Balaban J connectivity index is 1.44. The van der Waals surface area contributed by atoms with Crippen LogP contribution in [0, 0.1) is 0 Å². The molecule has 0 spiro atoms. The van der Waals surface area contributed by atoms with E-state index in [2.05, 4.69) is 212 Å². The zero-order valence-electron chi connectivity index (χ0n) is 40.1. The van der Waals surface area contributed by atoms with E-state index in [1.807, 2.05) is 0 Å². The van der Waals surface area contributed by atoms with Crippen LogP contribution in [0.5, 0.6) is 0 Å². The van der Waals surface area contributed by atoms with Crippen LogP contribution in [0.3, 0.4) is 0 Å². The summed E-state index contributed by atoms with van der Waals surface area (Å²) in [5, 5.41) is 1.43. The van der Waals surface area contributed by atoms with Crippen LogP contribution in [-0.2, 0) is 37.9 Å². The SMILES string of the molecule is CC(C)(C)c1ccc(N2c3ccc(C(C)(C)C)cc3B3c4c2cc(C(C)(C)C)cc4N(c2ccc4c(c2)C(C)(C)CCC4(C)C)c2sc4c(c23)C(C)(C)CCC4(C)C)cc1. The lowest BCUT2D eigenvalue weighted by Crippen LogP contribution is -2.63. The van der Waals surface area contributed by atoms with Crippen molar-refractivity contribution >= 4 is 67.9 Å². The third kappa shape index (κ3) is 6.30. The van der Waals surface area contributed by atoms with E-state index in [9.17, 15) is 0 Å². The first-order chi connectivity index (χ1) is 27.6. The first-order valence-electron chi connectivity index (χ1n) is 23.0. The molecule has 0 atom stereocenters. The predicted octanol–water partition coefficient (Wildman–Crippen LogP) is 14.4. The summed E-state index contributed by atoms with van der Waals surface area (Å²) in [5.74, 6) is 0. The van der Waals surface area contributed by atoms with Gasteiger partial charge in [-0.25, -0.2) is 0 Å². The molecule has 0 fully saturated rings. The van der Waals surface area contributed by atoms with Crippen LogP contribution in [0.4, 0.5) is 33.4 Å². The maximum Gasteiger partial charge on any atom is 0.253 e. The summed E-state index contributed by atoms with van der Waals surface area (Å²) in [6.07, 6.45) is 4.81. The van der Waals surface area contributed by atoms with Crippen molar-refractivity contribution in [2.75, 3.05) is 9.80 Å². The Labute approximate surface area is 368 Å². The number of benzene rings is 4. The molecule has 4 heteroatoms. The van der Waals surface area contributed by atoms with Crippen molar-refractivity contribution in [2.45, 2.75) is 181 Å².